The number of amides is 2. The maximum atomic E-state index is 15.0. The first kappa shape index (κ1) is 24.1. The molecule has 0 unspecified atom stereocenters. The normalized spacial score (nSPS) is 16.9. The van der Waals surface area contributed by atoms with Crippen LogP contribution in [-0.4, -0.2) is 45.1 Å². The second-order valence-electron chi connectivity index (χ2n) is 8.18. The number of para-hydroxylation sites is 1. The van der Waals surface area contributed by atoms with Crippen LogP contribution < -0.4 is 19.5 Å². The summed E-state index contributed by atoms with van der Waals surface area (Å²) in [6, 6.07) is 15.8. The standard InChI is InChI=1S/C27H27FN2O5/c1-30-25(17-10-6-7-11-20(17)28)24(26(31)29-15-16-9-5-8-12-21(16)33-2)18-13-22(34-3)23(35-4)14-19(18)27(30)32/h5-14,24-25H,15H2,1-4H3,(H,29,31)/t24-,25-/m1/s1. The fourth-order valence-electron chi connectivity index (χ4n) is 4.58. The molecule has 0 aliphatic carbocycles. The molecule has 3 aromatic rings. The molecule has 4 rings (SSSR count). The Morgan fingerprint density at radius 3 is 2.23 bits per heavy atom. The number of hydrogen-bond donors (Lipinski definition) is 1. The first-order valence-electron chi connectivity index (χ1n) is 11.1. The van der Waals surface area contributed by atoms with Gasteiger partial charge in [-0.05, 0) is 29.8 Å². The summed E-state index contributed by atoms with van der Waals surface area (Å²) in [7, 11) is 6.08. The zero-order chi connectivity index (χ0) is 25.1. The molecule has 8 heteroatoms. The van der Waals surface area contributed by atoms with E-state index in [9.17, 15) is 14.0 Å². The second kappa shape index (κ2) is 10.0. The van der Waals surface area contributed by atoms with Gasteiger partial charge in [-0.25, -0.2) is 4.39 Å². The molecule has 3 aromatic carbocycles. The Labute approximate surface area is 203 Å². The van der Waals surface area contributed by atoms with Crippen LogP contribution >= 0.6 is 0 Å². The van der Waals surface area contributed by atoms with E-state index in [4.69, 9.17) is 14.2 Å². The van der Waals surface area contributed by atoms with Gasteiger partial charge < -0.3 is 24.4 Å². The number of rotatable bonds is 7. The molecule has 0 aromatic heterocycles. The van der Waals surface area contributed by atoms with Gasteiger partial charge in [0.1, 0.15) is 11.6 Å². The highest BCUT2D eigenvalue weighted by Crippen LogP contribution is 2.46. The third-order valence-corrected chi connectivity index (χ3v) is 6.33. The Kier molecular flexibility index (Phi) is 6.91. The smallest absolute Gasteiger partial charge is 0.254 e. The number of likely N-dealkylation sites (N-methyl/N-ethyl adjacent to an activating group) is 1. The Morgan fingerprint density at radius 2 is 1.54 bits per heavy atom. The third kappa shape index (κ3) is 4.39. The average Bonchev–Trinajstić information content (AvgIpc) is 2.89. The molecule has 0 fully saturated rings. The van der Waals surface area contributed by atoms with Crippen molar-refractivity contribution in [2.24, 2.45) is 0 Å². The van der Waals surface area contributed by atoms with Gasteiger partial charge in [-0.2, -0.15) is 0 Å². The van der Waals surface area contributed by atoms with Crippen molar-refractivity contribution in [2.75, 3.05) is 28.4 Å². The van der Waals surface area contributed by atoms with Gasteiger partial charge in [-0.1, -0.05) is 36.4 Å². The lowest BCUT2D eigenvalue weighted by atomic mass is 9.79. The summed E-state index contributed by atoms with van der Waals surface area (Å²) >= 11 is 0. The summed E-state index contributed by atoms with van der Waals surface area (Å²) in [4.78, 5) is 28.5. The SMILES string of the molecule is COc1ccccc1CNC(=O)[C@@H]1c2cc(OC)c(OC)cc2C(=O)N(C)[C@@H]1c1ccccc1F. The Morgan fingerprint density at radius 1 is 0.914 bits per heavy atom. The molecule has 0 radical (unpaired) electrons. The van der Waals surface area contributed by atoms with Crippen LogP contribution in [0.25, 0.3) is 0 Å². The van der Waals surface area contributed by atoms with E-state index in [0.717, 1.165) is 5.56 Å². The predicted molar refractivity (Wildman–Crippen MR) is 128 cm³/mol. The number of halogens is 1. The van der Waals surface area contributed by atoms with Crippen LogP contribution in [0.4, 0.5) is 4.39 Å². The van der Waals surface area contributed by atoms with Crippen molar-refractivity contribution in [3.05, 3.63) is 88.7 Å². The van der Waals surface area contributed by atoms with Crippen LogP contribution in [-0.2, 0) is 11.3 Å². The number of benzene rings is 3. The van der Waals surface area contributed by atoms with Crippen LogP contribution in [0.3, 0.4) is 0 Å². The van der Waals surface area contributed by atoms with E-state index in [1.807, 2.05) is 24.3 Å². The van der Waals surface area contributed by atoms with E-state index in [-0.39, 0.29) is 23.9 Å². The van der Waals surface area contributed by atoms with E-state index in [2.05, 4.69) is 5.32 Å². The molecular weight excluding hydrogens is 451 g/mol. The molecule has 0 saturated carbocycles. The fraction of sp³-hybridized carbons (Fsp3) is 0.259. The summed E-state index contributed by atoms with van der Waals surface area (Å²) in [5, 5.41) is 2.95. The molecule has 0 spiro atoms. The first-order chi connectivity index (χ1) is 16.9. The van der Waals surface area contributed by atoms with E-state index in [1.165, 1.54) is 25.2 Å². The molecule has 182 valence electrons. The largest absolute Gasteiger partial charge is 0.496 e. The average molecular weight is 479 g/mol. The lowest BCUT2D eigenvalue weighted by molar-refractivity contribution is -0.124. The molecule has 0 saturated heterocycles. The highest BCUT2D eigenvalue weighted by atomic mass is 19.1. The predicted octanol–water partition coefficient (Wildman–Crippen LogP) is 4.08. The minimum atomic E-state index is -0.904. The summed E-state index contributed by atoms with van der Waals surface area (Å²) < 4.78 is 31.2. The highest BCUT2D eigenvalue weighted by molar-refractivity contribution is 6.02. The third-order valence-electron chi connectivity index (χ3n) is 6.33. The van der Waals surface area contributed by atoms with Crippen molar-refractivity contribution in [3.63, 3.8) is 0 Å². The monoisotopic (exact) mass is 478 g/mol. The number of nitrogens with one attached hydrogen (secondary N) is 1. The summed E-state index contributed by atoms with van der Waals surface area (Å²) in [6.45, 7) is 0.198. The van der Waals surface area contributed by atoms with Gasteiger partial charge in [0.25, 0.3) is 5.91 Å². The minimum Gasteiger partial charge on any atom is -0.496 e. The molecule has 2 amide bonds. The maximum absolute atomic E-state index is 15.0. The van der Waals surface area contributed by atoms with Crippen molar-refractivity contribution < 1.29 is 28.2 Å². The quantitative estimate of drug-likeness (QED) is 0.554. The number of ether oxygens (including phenoxy) is 3. The Bertz CT molecular complexity index is 1260. The van der Waals surface area contributed by atoms with Gasteiger partial charge in [-0.3, -0.25) is 9.59 Å². The molecule has 2 atom stereocenters. The lowest BCUT2D eigenvalue weighted by Crippen LogP contribution is -2.45. The maximum Gasteiger partial charge on any atom is 0.254 e. The highest BCUT2D eigenvalue weighted by Gasteiger charge is 2.44. The summed E-state index contributed by atoms with van der Waals surface area (Å²) in [6.07, 6.45) is 0. The second-order valence-corrected chi connectivity index (χ2v) is 8.18. The molecule has 1 aliphatic rings. The topological polar surface area (TPSA) is 77.1 Å². The summed E-state index contributed by atoms with van der Waals surface area (Å²) in [5.74, 6) is -0.729. The molecule has 1 N–H and O–H groups in total. The molecule has 7 nitrogen and oxygen atoms in total. The van der Waals surface area contributed by atoms with Gasteiger partial charge in [0, 0.05) is 30.3 Å². The molecule has 35 heavy (non-hydrogen) atoms. The number of methoxy groups -OCH3 is 3. The van der Waals surface area contributed by atoms with Crippen molar-refractivity contribution in [2.45, 2.75) is 18.5 Å². The molecule has 1 heterocycles. The summed E-state index contributed by atoms with van der Waals surface area (Å²) in [5.41, 5.74) is 1.78. The van der Waals surface area contributed by atoms with Crippen molar-refractivity contribution in [1.29, 1.82) is 0 Å². The van der Waals surface area contributed by atoms with Crippen molar-refractivity contribution >= 4 is 11.8 Å². The number of fused-ring (bicyclic) bond motifs is 1. The van der Waals surface area contributed by atoms with Crippen molar-refractivity contribution in [1.82, 2.24) is 10.2 Å². The minimum absolute atomic E-state index is 0.198. The van der Waals surface area contributed by atoms with Gasteiger partial charge in [-0.15, -0.1) is 0 Å². The van der Waals surface area contributed by atoms with Crippen LogP contribution in [0.1, 0.15) is 39.0 Å². The lowest BCUT2D eigenvalue weighted by Gasteiger charge is -2.40. The Hall–Kier alpha value is -4.07. The molecular formula is C27H27FN2O5. The van der Waals surface area contributed by atoms with E-state index in [0.29, 0.717) is 28.4 Å². The fourth-order valence-corrected chi connectivity index (χ4v) is 4.58. The van der Waals surface area contributed by atoms with Crippen molar-refractivity contribution in [3.8, 4) is 17.2 Å². The number of carbonyl (C=O) groups excluding carboxylic acids is 2. The van der Waals surface area contributed by atoms with Crippen LogP contribution in [0.15, 0.2) is 60.7 Å². The molecule has 0 bridgehead atoms. The van der Waals surface area contributed by atoms with E-state index < -0.39 is 17.8 Å². The van der Waals surface area contributed by atoms with E-state index >= 15 is 0 Å². The number of nitrogens with zero attached hydrogens (tertiary/aromatic N) is 1. The molecule has 1 aliphatic heterocycles. The zero-order valence-corrected chi connectivity index (χ0v) is 20.0. The van der Waals surface area contributed by atoms with Gasteiger partial charge >= 0.3 is 0 Å². The van der Waals surface area contributed by atoms with E-state index in [1.54, 1.807) is 44.5 Å². The Balaban J connectivity index is 1.82. The number of hydrogen-bond acceptors (Lipinski definition) is 5. The zero-order valence-electron chi connectivity index (χ0n) is 20.0. The van der Waals surface area contributed by atoms with Gasteiger partial charge in [0.05, 0.1) is 33.3 Å². The van der Waals surface area contributed by atoms with Gasteiger partial charge in [0.15, 0.2) is 11.5 Å². The van der Waals surface area contributed by atoms with Crippen LogP contribution in [0.2, 0.25) is 0 Å². The van der Waals surface area contributed by atoms with Gasteiger partial charge in [0.2, 0.25) is 5.91 Å². The van der Waals surface area contributed by atoms with Crippen LogP contribution in [0, 0.1) is 5.82 Å². The first-order valence-corrected chi connectivity index (χ1v) is 11.1. The van der Waals surface area contributed by atoms with Crippen LogP contribution in [0.5, 0.6) is 17.2 Å². The number of carbonyl (C=O) groups is 2.